The van der Waals surface area contributed by atoms with Crippen molar-refractivity contribution in [2.24, 2.45) is 11.7 Å². The average Bonchev–Trinajstić information content (AvgIpc) is 2.35. The highest BCUT2D eigenvalue weighted by atomic mass is 19.1. The summed E-state index contributed by atoms with van der Waals surface area (Å²) >= 11 is 0. The van der Waals surface area contributed by atoms with Crippen molar-refractivity contribution in [3.8, 4) is 17.6 Å². The molecule has 0 saturated heterocycles. The van der Waals surface area contributed by atoms with Crippen LogP contribution in [0.15, 0.2) is 18.2 Å². The molecule has 0 heterocycles. The lowest BCUT2D eigenvalue weighted by Crippen LogP contribution is -2.08. The first-order valence-corrected chi connectivity index (χ1v) is 6.28. The van der Waals surface area contributed by atoms with Gasteiger partial charge in [-0.2, -0.15) is 0 Å². The molecular weight excluding hydrogens is 229 g/mol. The van der Waals surface area contributed by atoms with Gasteiger partial charge < -0.3 is 10.5 Å². The Kier molecular flexibility index (Phi) is 6.24. The minimum absolute atomic E-state index is 0.228. The molecule has 0 saturated carbocycles. The lowest BCUT2D eigenvalue weighted by molar-refractivity contribution is 0.250. The summed E-state index contributed by atoms with van der Waals surface area (Å²) in [5, 5.41) is 0. The van der Waals surface area contributed by atoms with Crippen molar-refractivity contribution in [1.29, 1.82) is 0 Å². The summed E-state index contributed by atoms with van der Waals surface area (Å²) in [6.07, 6.45) is 2.25. The van der Waals surface area contributed by atoms with Gasteiger partial charge in [0, 0.05) is 6.07 Å². The van der Waals surface area contributed by atoms with E-state index in [1.807, 2.05) is 0 Å². The molecule has 0 fully saturated rings. The van der Waals surface area contributed by atoms with Gasteiger partial charge in [-0.25, -0.2) is 4.39 Å². The maximum atomic E-state index is 13.6. The van der Waals surface area contributed by atoms with Crippen LogP contribution in [0.3, 0.4) is 0 Å². The first-order chi connectivity index (χ1) is 8.67. The third kappa shape index (κ3) is 4.77. The quantitative estimate of drug-likeness (QED) is 0.814. The van der Waals surface area contributed by atoms with Gasteiger partial charge in [-0.3, -0.25) is 0 Å². The molecule has 18 heavy (non-hydrogen) atoms. The van der Waals surface area contributed by atoms with Crippen molar-refractivity contribution in [3.05, 3.63) is 29.6 Å². The second-order valence-corrected chi connectivity index (χ2v) is 4.35. The zero-order valence-electron chi connectivity index (χ0n) is 11.0. The Morgan fingerprint density at radius 1 is 1.44 bits per heavy atom. The largest absolute Gasteiger partial charge is 0.493 e. The van der Waals surface area contributed by atoms with E-state index in [1.165, 1.54) is 6.07 Å². The number of hydrogen-bond donors (Lipinski definition) is 1. The molecule has 1 rings (SSSR count). The van der Waals surface area contributed by atoms with Crippen LogP contribution in [0.2, 0.25) is 0 Å². The predicted molar refractivity (Wildman–Crippen MR) is 71.9 cm³/mol. The number of halogens is 1. The van der Waals surface area contributed by atoms with E-state index < -0.39 is 0 Å². The van der Waals surface area contributed by atoms with Crippen molar-refractivity contribution in [2.75, 3.05) is 13.2 Å². The number of nitrogens with two attached hydrogens (primary N) is 1. The lowest BCUT2D eigenvalue weighted by Gasteiger charge is -2.12. The van der Waals surface area contributed by atoms with Gasteiger partial charge in [0.25, 0.3) is 0 Å². The van der Waals surface area contributed by atoms with E-state index in [-0.39, 0.29) is 12.4 Å². The zero-order valence-corrected chi connectivity index (χ0v) is 11.0. The molecule has 1 atom stereocenters. The molecule has 1 aromatic rings. The summed E-state index contributed by atoms with van der Waals surface area (Å²) < 4.78 is 19.2. The molecule has 0 radical (unpaired) electrons. The van der Waals surface area contributed by atoms with Gasteiger partial charge in [-0.1, -0.05) is 32.1 Å². The molecule has 0 aliphatic heterocycles. The molecule has 0 amide bonds. The standard InChI is InChI=1S/C15H20FNO/c1-3-5-12(2)11-18-14-8-7-13(6-4-9-17)15(16)10-14/h7-8,10,12H,3,5,9,11,17H2,1-2H3. The maximum Gasteiger partial charge on any atom is 0.142 e. The molecule has 2 nitrogen and oxygen atoms in total. The SMILES string of the molecule is CCCC(C)COc1ccc(C#CCN)c(F)c1. The highest BCUT2D eigenvalue weighted by Crippen LogP contribution is 2.17. The minimum atomic E-state index is -0.364. The van der Waals surface area contributed by atoms with Crippen molar-refractivity contribution in [3.63, 3.8) is 0 Å². The highest BCUT2D eigenvalue weighted by Gasteiger charge is 2.05. The van der Waals surface area contributed by atoms with E-state index in [0.717, 1.165) is 12.8 Å². The molecule has 0 aliphatic rings. The number of rotatable bonds is 5. The van der Waals surface area contributed by atoms with Crippen LogP contribution in [-0.4, -0.2) is 13.2 Å². The molecular formula is C15H20FNO. The van der Waals surface area contributed by atoms with E-state index in [4.69, 9.17) is 10.5 Å². The third-order valence-corrected chi connectivity index (χ3v) is 2.58. The normalized spacial score (nSPS) is 11.6. The summed E-state index contributed by atoms with van der Waals surface area (Å²) in [5.74, 6) is 5.97. The van der Waals surface area contributed by atoms with E-state index in [0.29, 0.717) is 23.8 Å². The Morgan fingerprint density at radius 3 is 2.83 bits per heavy atom. The van der Waals surface area contributed by atoms with E-state index in [9.17, 15) is 4.39 Å². The Labute approximate surface area is 108 Å². The molecule has 1 unspecified atom stereocenters. The zero-order chi connectivity index (χ0) is 13.4. The maximum absolute atomic E-state index is 13.6. The average molecular weight is 249 g/mol. The fraction of sp³-hybridized carbons (Fsp3) is 0.467. The summed E-state index contributed by atoms with van der Waals surface area (Å²) in [5.41, 5.74) is 5.60. The van der Waals surface area contributed by atoms with Crippen LogP contribution in [0, 0.1) is 23.6 Å². The monoisotopic (exact) mass is 249 g/mol. The van der Waals surface area contributed by atoms with E-state index >= 15 is 0 Å². The second kappa shape index (κ2) is 7.73. The number of benzene rings is 1. The van der Waals surface area contributed by atoms with Crippen molar-refractivity contribution < 1.29 is 9.13 Å². The summed E-state index contributed by atoms with van der Waals surface area (Å²) in [7, 11) is 0. The van der Waals surface area contributed by atoms with Crippen LogP contribution in [0.4, 0.5) is 4.39 Å². The topological polar surface area (TPSA) is 35.2 Å². The molecule has 0 aromatic heterocycles. The van der Waals surface area contributed by atoms with Gasteiger partial charge in [0.1, 0.15) is 11.6 Å². The van der Waals surface area contributed by atoms with Gasteiger partial charge in [0.05, 0.1) is 18.7 Å². The van der Waals surface area contributed by atoms with Gasteiger partial charge in [-0.05, 0) is 24.5 Å². The smallest absolute Gasteiger partial charge is 0.142 e. The van der Waals surface area contributed by atoms with Gasteiger partial charge in [-0.15, -0.1) is 0 Å². The van der Waals surface area contributed by atoms with Gasteiger partial charge in [0.15, 0.2) is 0 Å². The first-order valence-electron chi connectivity index (χ1n) is 6.28. The number of ether oxygens (including phenoxy) is 1. The van der Waals surface area contributed by atoms with Gasteiger partial charge >= 0.3 is 0 Å². The third-order valence-electron chi connectivity index (χ3n) is 2.58. The molecule has 2 N–H and O–H groups in total. The Balaban J connectivity index is 2.61. The van der Waals surface area contributed by atoms with E-state index in [2.05, 4.69) is 25.7 Å². The van der Waals surface area contributed by atoms with Gasteiger partial charge in [0.2, 0.25) is 0 Å². The molecule has 0 aliphatic carbocycles. The molecule has 98 valence electrons. The molecule has 1 aromatic carbocycles. The summed E-state index contributed by atoms with van der Waals surface area (Å²) in [4.78, 5) is 0. The first kappa shape index (κ1) is 14.5. The van der Waals surface area contributed by atoms with Crippen LogP contribution in [0.1, 0.15) is 32.3 Å². The summed E-state index contributed by atoms with van der Waals surface area (Å²) in [6, 6.07) is 4.74. The van der Waals surface area contributed by atoms with Crippen LogP contribution < -0.4 is 10.5 Å². The Bertz CT molecular complexity index is 434. The minimum Gasteiger partial charge on any atom is -0.493 e. The fourth-order valence-electron chi connectivity index (χ4n) is 1.65. The predicted octanol–water partition coefficient (Wildman–Crippen LogP) is 2.95. The Morgan fingerprint density at radius 2 is 2.22 bits per heavy atom. The summed E-state index contributed by atoms with van der Waals surface area (Å²) in [6.45, 7) is 5.11. The van der Waals surface area contributed by atoms with Crippen molar-refractivity contribution >= 4 is 0 Å². The van der Waals surface area contributed by atoms with Crippen LogP contribution >= 0.6 is 0 Å². The number of hydrogen-bond acceptors (Lipinski definition) is 2. The van der Waals surface area contributed by atoms with Crippen LogP contribution in [0.25, 0.3) is 0 Å². The lowest BCUT2D eigenvalue weighted by atomic mass is 10.1. The second-order valence-electron chi connectivity index (χ2n) is 4.35. The van der Waals surface area contributed by atoms with Crippen molar-refractivity contribution in [1.82, 2.24) is 0 Å². The van der Waals surface area contributed by atoms with E-state index in [1.54, 1.807) is 12.1 Å². The molecule has 3 heteroatoms. The Hall–Kier alpha value is -1.53. The van der Waals surface area contributed by atoms with Crippen LogP contribution in [0.5, 0.6) is 5.75 Å². The highest BCUT2D eigenvalue weighted by molar-refractivity contribution is 5.39. The molecule has 0 bridgehead atoms. The fourth-order valence-corrected chi connectivity index (χ4v) is 1.65. The molecule has 0 spiro atoms. The van der Waals surface area contributed by atoms with Crippen LogP contribution in [-0.2, 0) is 0 Å². The van der Waals surface area contributed by atoms with Crippen molar-refractivity contribution in [2.45, 2.75) is 26.7 Å².